The predicted molar refractivity (Wildman–Crippen MR) is 82.6 cm³/mol. The van der Waals surface area contributed by atoms with Crippen LogP contribution in [0.25, 0.3) is 0 Å². The van der Waals surface area contributed by atoms with E-state index in [2.05, 4.69) is 19.9 Å². The SMILES string of the molecule is COc1ccc2c(c1)C(O)CC(C1CC(C)=CC(C)C1)O2. The molecule has 114 valence electrons. The molecule has 0 radical (unpaired) electrons. The number of ether oxygens (including phenoxy) is 2. The van der Waals surface area contributed by atoms with E-state index < -0.39 is 6.10 Å². The van der Waals surface area contributed by atoms with E-state index in [0.29, 0.717) is 18.3 Å². The van der Waals surface area contributed by atoms with E-state index in [1.54, 1.807) is 7.11 Å². The van der Waals surface area contributed by atoms with Gasteiger partial charge in [-0.25, -0.2) is 0 Å². The summed E-state index contributed by atoms with van der Waals surface area (Å²) >= 11 is 0. The molecule has 4 atom stereocenters. The van der Waals surface area contributed by atoms with Crippen molar-refractivity contribution < 1.29 is 14.6 Å². The molecule has 3 heteroatoms. The number of benzene rings is 1. The molecule has 1 heterocycles. The molecular formula is C18H24O3. The first kappa shape index (κ1) is 14.5. The van der Waals surface area contributed by atoms with Gasteiger partial charge in [0.05, 0.1) is 13.2 Å². The Balaban J connectivity index is 1.80. The van der Waals surface area contributed by atoms with Gasteiger partial charge in [-0.2, -0.15) is 0 Å². The molecule has 0 bridgehead atoms. The van der Waals surface area contributed by atoms with Gasteiger partial charge < -0.3 is 14.6 Å². The van der Waals surface area contributed by atoms with Crippen LogP contribution in [0.3, 0.4) is 0 Å². The highest BCUT2D eigenvalue weighted by Gasteiger charge is 2.34. The molecule has 0 saturated carbocycles. The summed E-state index contributed by atoms with van der Waals surface area (Å²) in [5.74, 6) is 2.66. The quantitative estimate of drug-likeness (QED) is 0.840. The van der Waals surface area contributed by atoms with Crippen LogP contribution in [0.15, 0.2) is 29.8 Å². The molecule has 0 saturated heterocycles. The van der Waals surface area contributed by atoms with Crippen LogP contribution in [-0.2, 0) is 0 Å². The molecule has 0 fully saturated rings. The maximum absolute atomic E-state index is 10.5. The van der Waals surface area contributed by atoms with E-state index in [-0.39, 0.29) is 6.10 Å². The summed E-state index contributed by atoms with van der Waals surface area (Å²) in [7, 11) is 1.64. The Morgan fingerprint density at radius 3 is 2.81 bits per heavy atom. The average Bonchev–Trinajstić information content (AvgIpc) is 2.46. The minimum Gasteiger partial charge on any atom is -0.497 e. The van der Waals surface area contributed by atoms with Crippen LogP contribution in [0, 0.1) is 11.8 Å². The lowest BCUT2D eigenvalue weighted by molar-refractivity contribution is 0.0271. The molecule has 4 unspecified atom stereocenters. The van der Waals surface area contributed by atoms with E-state index >= 15 is 0 Å². The van der Waals surface area contributed by atoms with Crippen molar-refractivity contribution in [2.75, 3.05) is 7.11 Å². The minimum atomic E-state index is -0.463. The van der Waals surface area contributed by atoms with Crippen molar-refractivity contribution >= 4 is 0 Å². The molecule has 1 aromatic rings. The Hall–Kier alpha value is -1.48. The predicted octanol–water partition coefficient (Wildman–Crippen LogP) is 3.87. The normalized spacial score (nSPS) is 31.9. The van der Waals surface area contributed by atoms with Crippen molar-refractivity contribution in [2.45, 2.75) is 45.3 Å². The van der Waals surface area contributed by atoms with Crippen LogP contribution in [0.1, 0.15) is 44.8 Å². The first-order valence-corrected chi connectivity index (χ1v) is 7.76. The number of allylic oxidation sites excluding steroid dienone is 2. The fourth-order valence-corrected chi connectivity index (χ4v) is 3.75. The summed E-state index contributed by atoms with van der Waals surface area (Å²) in [6.45, 7) is 4.45. The highest BCUT2D eigenvalue weighted by molar-refractivity contribution is 5.43. The Kier molecular flexibility index (Phi) is 3.94. The van der Waals surface area contributed by atoms with Crippen LogP contribution < -0.4 is 9.47 Å². The van der Waals surface area contributed by atoms with E-state index in [4.69, 9.17) is 9.47 Å². The zero-order valence-corrected chi connectivity index (χ0v) is 13.0. The zero-order valence-electron chi connectivity index (χ0n) is 13.0. The molecule has 3 rings (SSSR count). The van der Waals surface area contributed by atoms with Gasteiger partial charge in [0.15, 0.2) is 0 Å². The summed E-state index contributed by atoms with van der Waals surface area (Å²) in [5.41, 5.74) is 2.29. The number of aliphatic hydroxyl groups excluding tert-OH is 1. The Labute approximate surface area is 126 Å². The van der Waals surface area contributed by atoms with Gasteiger partial charge in [0.1, 0.15) is 17.6 Å². The summed E-state index contributed by atoms with van der Waals surface area (Å²) in [6.07, 6.45) is 4.88. The number of rotatable bonds is 2. The van der Waals surface area contributed by atoms with Crippen LogP contribution in [0.5, 0.6) is 11.5 Å². The van der Waals surface area contributed by atoms with Crippen LogP contribution in [0.2, 0.25) is 0 Å². The molecular weight excluding hydrogens is 264 g/mol. The maximum Gasteiger partial charge on any atom is 0.125 e. The molecule has 0 aromatic heterocycles. The van der Waals surface area contributed by atoms with Crippen LogP contribution >= 0.6 is 0 Å². The van der Waals surface area contributed by atoms with Gasteiger partial charge in [-0.1, -0.05) is 18.6 Å². The van der Waals surface area contributed by atoms with Gasteiger partial charge >= 0.3 is 0 Å². The topological polar surface area (TPSA) is 38.7 Å². The lowest BCUT2D eigenvalue weighted by Gasteiger charge is -2.37. The second-order valence-electron chi connectivity index (χ2n) is 6.50. The van der Waals surface area contributed by atoms with E-state index in [1.807, 2.05) is 18.2 Å². The van der Waals surface area contributed by atoms with Gasteiger partial charge in [0.25, 0.3) is 0 Å². The van der Waals surface area contributed by atoms with Gasteiger partial charge in [0.2, 0.25) is 0 Å². The summed E-state index contributed by atoms with van der Waals surface area (Å²) < 4.78 is 11.4. The Bertz CT molecular complexity index is 549. The third kappa shape index (κ3) is 2.93. The van der Waals surface area contributed by atoms with Crippen LogP contribution in [0.4, 0.5) is 0 Å². The summed E-state index contributed by atoms with van der Waals surface area (Å²) in [5, 5.41) is 10.5. The highest BCUT2D eigenvalue weighted by atomic mass is 16.5. The van der Waals surface area contributed by atoms with E-state index in [9.17, 15) is 5.11 Å². The fourth-order valence-electron chi connectivity index (χ4n) is 3.75. The first-order chi connectivity index (χ1) is 10.1. The van der Waals surface area contributed by atoms with Crippen LogP contribution in [-0.4, -0.2) is 18.3 Å². The highest BCUT2D eigenvalue weighted by Crippen LogP contribution is 2.42. The third-order valence-corrected chi connectivity index (χ3v) is 4.66. The van der Waals surface area contributed by atoms with Gasteiger partial charge in [-0.3, -0.25) is 0 Å². The standard InChI is InChI=1S/C18H24O3/c1-11-6-12(2)8-13(7-11)18-10-16(19)15-9-14(20-3)4-5-17(15)21-18/h4-6,9,11,13,16,18-19H,7-8,10H2,1-3H3. The largest absolute Gasteiger partial charge is 0.497 e. The van der Waals surface area contributed by atoms with Gasteiger partial charge in [0, 0.05) is 17.9 Å². The lowest BCUT2D eigenvalue weighted by atomic mass is 9.78. The van der Waals surface area contributed by atoms with Crippen molar-refractivity contribution in [3.05, 3.63) is 35.4 Å². The molecule has 21 heavy (non-hydrogen) atoms. The Morgan fingerprint density at radius 2 is 2.10 bits per heavy atom. The zero-order chi connectivity index (χ0) is 15.0. The molecule has 1 aromatic carbocycles. The second kappa shape index (κ2) is 5.72. The number of fused-ring (bicyclic) bond motifs is 1. The second-order valence-corrected chi connectivity index (χ2v) is 6.50. The maximum atomic E-state index is 10.5. The molecule has 0 amide bonds. The molecule has 1 aliphatic heterocycles. The van der Waals surface area contributed by atoms with Crippen molar-refractivity contribution in [2.24, 2.45) is 11.8 Å². The molecule has 1 N–H and O–H groups in total. The molecule has 0 spiro atoms. The molecule has 2 aliphatic rings. The van der Waals surface area contributed by atoms with E-state index in [1.165, 1.54) is 5.57 Å². The molecule has 3 nitrogen and oxygen atoms in total. The first-order valence-electron chi connectivity index (χ1n) is 7.76. The van der Waals surface area contributed by atoms with Crippen molar-refractivity contribution in [1.82, 2.24) is 0 Å². The summed E-state index contributed by atoms with van der Waals surface area (Å²) in [6, 6.07) is 5.69. The fraction of sp³-hybridized carbons (Fsp3) is 0.556. The lowest BCUT2D eigenvalue weighted by Crippen LogP contribution is -2.35. The minimum absolute atomic E-state index is 0.104. The monoisotopic (exact) mass is 288 g/mol. The van der Waals surface area contributed by atoms with Crippen molar-refractivity contribution in [3.8, 4) is 11.5 Å². The number of methoxy groups -OCH3 is 1. The van der Waals surface area contributed by atoms with Crippen molar-refractivity contribution in [3.63, 3.8) is 0 Å². The van der Waals surface area contributed by atoms with E-state index in [0.717, 1.165) is 29.9 Å². The number of hydrogen-bond acceptors (Lipinski definition) is 3. The van der Waals surface area contributed by atoms with Crippen molar-refractivity contribution in [1.29, 1.82) is 0 Å². The average molecular weight is 288 g/mol. The van der Waals surface area contributed by atoms with Gasteiger partial charge in [-0.15, -0.1) is 0 Å². The third-order valence-electron chi connectivity index (χ3n) is 4.66. The summed E-state index contributed by atoms with van der Waals surface area (Å²) in [4.78, 5) is 0. The Morgan fingerprint density at radius 1 is 1.29 bits per heavy atom. The van der Waals surface area contributed by atoms with Gasteiger partial charge in [-0.05, 0) is 43.9 Å². The molecule has 1 aliphatic carbocycles. The number of aliphatic hydroxyl groups is 1. The smallest absolute Gasteiger partial charge is 0.125 e. The number of hydrogen-bond donors (Lipinski definition) is 1.